The quantitative estimate of drug-likeness (QED) is 0.674. The van der Waals surface area contributed by atoms with Crippen molar-refractivity contribution in [2.24, 2.45) is 0 Å². The lowest BCUT2D eigenvalue weighted by Crippen LogP contribution is -2.06. The van der Waals surface area contributed by atoms with Crippen LogP contribution in [0.25, 0.3) is 11.0 Å². The van der Waals surface area contributed by atoms with E-state index < -0.39 is 0 Å². The Morgan fingerprint density at radius 3 is 2.94 bits per heavy atom. The van der Waals surface area contributed by atoms with Crippen LogP contribution in [-0.2, 0) is 6.42 Å². The average Bonchev–Trinajstić information content (AvgIpc) is 2.79. The van der Waals surface area contributed by atoms with E-state index in [1.54, 1.807) is 18.6 Å². The molecule has 18 heavy (non-hydrogen) atoms. The van der Waals surface area contributed by atoms with Crippen molar-refractivity contribution in [1.82, 2.24) is 19.9 Å². The minimum Gasteiger partial charge on any atom is -0.342 e. The van der Waals surface area contributed by atoms with Gasteiger partial charge in [-0.2, -0.15) is 0 Å². The monoisotopic (exact) mass is 234 g/mol. The third-order valence-corrected chi connectivity index (χ3v) is 2.96. The molecule has 3 aromatic rings. The summed E-state index contributed by atoms with van der Waals surface area (Å²) in [6.45, 7) is 1.98. The minimum absolute atomic E-state index is 0.641. The van der Waals surface area contributed by atoms with E-state index in [1.165, 1.54) is 0 Å². The van der Waals surface area contributed by atoms with Crippen LogP contribution < -0.4 is 5.46 Å². The summed E-state index contributed by atoms with van der Waals surface area (Å²) in [5.74, 6) is 0.874. The van der Waals surface area contributed by atoms with Gasteiger partial charge in [-0.05, 0) is 18.6 Å². The molecule has 5 heteroatoms. The summed E-state index contributed by atoms with van der Waals surface area (Å²) in [6.07, 6.45) is 5.73. The van der Waals surface area contributed by atoms with Gasteiger partial charge in [-0.1, -0.05) is 11.5 Å². The van der Waals surface area contributed by atoms with Gasteiger partial charge in [-0.25, -0.2) is 4.98 Å². The number of hydrogen-bond acceptors (Lipinski definition) is 3. The zero-order chi connectivity index (χ0) is 12.5. The van der Waals surface area contributed by atoms with Gasteiger partial charge in [-0.3, -0.25) is 9.97 Å². The third-order valence-electron chi connectivity index (χ3n) is 2.96. The molecule has 0 fully saturated rings. The van der Waals surface area contributed by atoms with E-state index >= 15 is 0 Å². The number of hydrogen-bond donors (Lipinski definition) is 1. The van der Waals surface area contributed by atoms with E-state index in [1.807, 2.05) is 19.1 Å². The number of fused-ring (bicyclic) bond motifs is 1. The summed E-state index contributed by atoms with van der Waals surface area (Å²) >= 11 is 0. The van der Waals surface area contributed by atoms with E-state index in [2.05, 4.69) is 19.9 Å². The highest BCUT2D eigenvalue weighted by Crippen LogP contribution is 2.15. The van der Waals surface area contributed by atoms with Gasteiger partial charge in [0, 0.05) is 25.0 Å². The number of rotatable bonds is 2. The highest BCUT2D eigenvalue weighted by atomic mass is 14.9. The van der Waals surface area contributed by atoms with Crippen molar-refractivity contribution in [3.05, 3.63) is 47.8 Å². The zero-order valence-corrected chi connectivity index (χ0v) is 10.0. The van der Waals surface area contributed by atoms with Crippen LogP contribution in [0.3, 0.4) is 0 Å². The second-order valence-corrected chi connectivity index (χ2v) is 4.23. The molecule has 3 rings (SSSR count). The Hall–Kier alpha value is -2.17. The van der Waals surface area contributed by atoms with Crippen LogP contribution in [0.2, 0.25) is 0 Å². The van der Waals surface area contributed by atoms with Crippen molar-refractivity contribution in [3.8, 4) is 0 Å². The van der Waals surface area contributed by atoms with Crippen molar-refractivity contribution in [2.75, 3.05) is 0 Å². The van der Waals surface area contributed by atoms with E-state index in [0.717, 1.165) is 33.6 Å². The molecule has 0 aliphatic rings. The van der Waals surface area contributed by atoms with Gasteiger partial charge in [0.15, 0.2) is 0 Å². The summed E-state index contributed by atoms with van der Waals surface area (Å²) in [5, 5.41) is 0. The van der Waals surface area contributed by atoms with Crippen LogP contribution in [0.4, 0.5) is 0 Å². The fourth-order valence-corrected chi connectivity index (χ4v) is 1.96. The molecule has 1 N–H and O–H groups in total. The molecule has 0 saturated heterocycles. The smallest absolute Gasteiger partial charge is 0.114 e. The average molecular weight is 234 g/mol. The highest BCUT2D eigenvalue weighted by molar-refractivity contribution is 6.34. The highest BCUT2D eigenvalue weighted by Gasteiger charge is 2.07. The third kappa shape index (κ3) is 1.88. The number of nitrogens with one attached hydrogen (secondary N) is 1. The fraction of sp³-hybridized carbons (Fsp3) is 0.154. The van der Waals surface area contributed by atoms with E-state index in [9.17, 15) is 0 Å². The molecule has 86 valence electrons. The normalized spacial score (nSPS) is 10.9. The standard InChI is InChI=1S/C13H11BN4/c1-8-10(14)2-3-11-13(8)18-12(17-11)6-9-7-15-4-5-16-9/h2-5,7H,6H2,1H3,(H,17,18). The molecule has 0 aliphatic heterocycles. The molecular formula is C13H11BN4. The van der Waals surface area contributed by atoms with Crippen molar-refractivity contribution in [3.63, 3.8) is 0 Å². The van der Waals surface area contributed by atoms with Crippen LogP contribution in [-0.4, -0.2) is 27.8 Å². The Labute approximate surface area is 106 Å². The maximum absolute atomic E-state index is 5.87. The van der Waals surface area contributed by atoms with Gasteiger partial charge in [0.2, 0.25) is 0 Å². The largest absolute Gasteiger partial charge is 0.342 e. The number of aromatic nitrogens is 4. The van der Waals surface area contributed by atoms with Crippen molar-refractivity contribution >= 4 is 24.3 Å². The lowest BCUT2D eigenvalue weighted by Gasteiger charge is -1.98. The SMILES string of the molecule is [B]c1ccc2[nH]c(Cc3cnccn3)nc2c1C. The molecule has 0 saturated carbocycles. The molecule has 4 nitrogen and oxygen atoms in total. The van der Waals surface area contributed by atoms with Gasteiger partial charge >= 0.3 is 0 Å². The lowest BCUT2D eigenvalue weighted by atomic mass is 9.91. The first-order valence-corrected chi connectivity index (χ1v) is 5.72. The van der Waals surface area contributed by atoms with Gasteiger partial charge in [0.1, 0.15) is 13.7 Å². The summed E-state index contributed by atoms with van der Waals surface area (Å²) in [7, 11) is 5.87. The number of aromatic amines is 1. The molecule has 0 aliphatic carbocycles. The van der Waals surface area contributed by atoms with Gasteiger partial charge in [-0.15, -0.1) is 0 Å². The van der Waals surface area contributed by atoms with Crippen molar-refractivity contribution < 1.29 is 0 Å². The van der Waals surface area contributed by atoms with Gasteiger partial charge in [0.25, 0.3) is 0 Å². The summed E-state index contributed by atoms with van der Waals surface area (Å²) in [6, 6.07) is 3.84. The van der Waals surface area contributed by atoms with Gasteiger partial charge in [0.05, 0.1) is 16.7 Å². The molecule has 0 atom stereocenters. The predicted octanol–water partition coefficient (Wildman–Crippen LogP) is 1.05. The topological polar surface area (TPSA) is 54.5 Å². The van der Waals surface area contributed by atoms with Crippen LogP contribution in [0.15, 0.2) is 30.7 Å². The van der Waals surface area contributed by atoms with E-state index in [0.29, 0.717) is 6.42 Å². The molecule has 0 unspecified atom stereocenters. The summed E-state index contributed by atoms with van der Waals surface area (Å²) < 4.78 is 0. The minimum atomic E-state index is 0.641. The molecule has 0 amide bonds. The lowest BCUT2D eigenvalue weighted by molar-refractivity contribution is 0.963. The number of imidazole rings is 1. The molecule has 1 aromatic carbocycles. The molecule has 0 bridgehead atoms. The summed E-state index contributed by atoms with van der Waals surface area (Å²) in [5.41, 5.74) is 4.59. The Bertz CT molecular complexity index is 691. The number of aryl methyl sites for hydroxylation is 1. The Morgan fingerprint density at radius 1 is 1.28 bits per heavy atom. The number of H-pyrrole nitrogens is 1. The first-order valence-electron chi connectivity index (χ1n) is 5.72. The van der Waals surface area contributed by atoms with Crippen LogP contribution in [0.5, 0.6) is 0 Å². The van der Waals surface area contributed by atoms with Crippen molar-refractivity contribution in [2.45, 2.75) is 13.3 Å². The number of nitrogens with zero attached hydrogens (tertiary/aromatic N) is 3. The molecule has 2 radical (unpaired) electrons. The van der Waals surface area contributed by atoms with E-state index in [-0.39, 0.29) is 0 Å². The molecule has 2 heterocycles. The van der Waals surface area contributed by atoms with E-state index in [4.69, 9.17) is 7.85 Å². The Kier molecular flexibility index (Phi) is 2.59. The summed E-state index contributed by atoms with van der Waals surface area (Å²) in [4.78, 5) is 16.1. The predicted molar refractivity (Wildman–Crippen MR) is 71.1 cm³/mol. The van der Waals surface area contributed by atoms with Crippen LogP contribution in [0, 0.1) is 6.92 Å². The molecule has 0 spiro atoms. The molecule has 2 aromatic heterocycles. The maximum atomic E-state index is 5.87. The number of benzene rings is 1. The van der Waals surface area contributed by atoms with Crippen LogP contribution in [0.1, 0.15) is 17.1 Å². The molecular weight excluding hydrogens is 223 g/mol. The first-order chi connectivity index (χ1) is 8.74. The second kappa shape index (κ2) is 4.25. The van der Waals surface area contributed by atoms with Crippen molar-refractivity contribution in [1.29, 1.82) is 0 Å². The first kappa shape index (κ1) is 11.0. The second-order valence-electron chi connectivity index (χ2n) is 4.23. The Morgan fingerprint density at radius 2 is 2.17 bits per heavy atom. The van der Waals surface area contributed by atoms with Crippen LogP contribution >= 0.6 is 0 Å². The Balaban J connectivity index is 2.02. The zero-order valence-electron chi connectivity index (χ0n) is 10.0. The maximum Gasteiger partial charge on any atom is 0.114 e. The van der Waals surface area contributed by atoms with Gasteiger partial charge < -0.3 is 4.98 Å². The fourth-order valence-electron chi connectivity index (χ4n) is 1.96.